The molecule has 12 heavy (non-hydrogen) atoms. The van der Waals surface area contributed by atoms with Gasteiger partial charge in [-0.3, -0.25) is 0 Å². The van der Waals surface area contributed by atoms with Crippen molar-refractivity contribution in [2.45, 2.75) is 41.0 Å². The molecule has 0 saturated carbocycles. The van der Waals surface area contributed by atoms with Gasteiger partial charge in [0.25, 0.3) is 0 Å². The van der Waals surface area contributed by atoms with Gasteiger partial charge in [0.05, 0.1) is 0 Å². The van der Waals surface area contributed by atoms with E-state index in [4.69, 9.17) is 5.73 Å². The molecule has 0 amide bonds. The molecule has 0 aromatic rings. The number of allylic oxidation sites excluding steroid dienone is 4. The molecular formula is C11H21N. The maximum absolute atomic E-state index is 5.79. The smallest absolute Gasteiger partial charge is 0.00866 e. The lowest BCUT2D eigenvalue weighted by molar-refractivity contribution is 0.511. The van der Waals surface area contributed by atoms with Gasteiger partial charge in [0, 0.05) is 5.70 Å². The topological polar surface area (TPSA) is 26.0 Å². The van der Waals surface area contributed by atoms with Gasteiger partial charge in [0.15, 0.2) is 0 Å². The van der Waals surface area contributed by atoms with Gasteiger partial charge < -0.3 is 5.73 Å². The number of nitrogens with two attached hydrogens (primary N) is 1. The molecule has 0 spiro atoms. The van der Waals surface area contributed by atoms with Crippen LogP contribution in [0.5, 0.6) is 0 Å². The molecule has 1 heteroatoms. The van der Waals surface area contributed by atoms with Gasteiger partial charge in [-0.05, 0) is 24.3 Å². The first-order chi connectivity index (χ1) is 5.39. The summed E-state index contributed by atoms with van der Waals surface area (Å²) in [4.78, 5) is 0. The Balaban J connectivity index is 4.72. The predicted molar refractivity (Wildman–Crippen MR) is 55.8 cm³/mol. The molecule has 70 valence electrons. The van der Waals surface area contributed by atoms with E-state index in [0.717, 1.165) is 12.1 Å². The fourth-order valence-corrected chi connectivity index (χ4v) is 1.21. The summed E-state index contributed by atoms with van der Waals surface area (Å²) in [6.07, 6.45) is 5.35. The lowest BCUT2D eigenvalue weighted by Crippen LogP contribution is -2.12. The average Bonchev–Trinajstić information content (AvgIpc) is 1.84. The van der Waals surface area contributed by atoms with E-state index in [0.29, 0.717) is 0 Å². The van der Waals surface area contributed by atoms with E-state index in [-0.39, 0.29) is 5.41 Å². The van der Waals surface area contributed by atoms with Crippen LogP contribution in [0.4, 0.5) is 0 Å². The lowest BCUT2D eigenvalue weighted by atomic mass is 9.85. The van der Waals surface area contributed by atoms with Crippen LogP contribution >= 0.6 is 0 Å². The van der Waals surface area contributed by atoms with Crippen molar-refractivity contribution in [1.29, 1.82) is 0 Å². The van der Waals surface area contributed by atoms with Crippen LogP contribution in [0.25, 0.3) is 0 Å². The van der Waals surface area contributed by atoms with Gasteiger partial charge in [0.2, 0.25) is 0 Å². The summed E-state index contributed by atoms with van der Waals surface area (Å²) < 4.78 is 0. The van der Waals surface area contributed by atoms with Crippen molar-refractivity contribution < 1.29 is 0 Å². The highest BCUT2D eigenvalue weighted by Crippen LogP contribution is 2.27. The molecule has 0 heterocycles. The molecule has 1 nitrogen and oxygen atoms in total. The number of hydrogen-bond acceptors (Lipinski definition) is 1. The van der Waals surface area contributed by atoms with Crippen molar-refractivity contribution in [3.05, 3.63) is 23.4 Å². The van der Waals surface area contributed by atoms with Crippen LogP contribution in [-0.2, 0) is 0 Å². The van der Waals surface area contributed by atoms with Crippen molar-refractivity contribution in [2.75, 3.05) is 0 Å². The molecule has 2 N–H and O–H groups in total. The minimum absolute atomic E-state index is 0.157. The zero-order valence-electron chi connectivity index (χ0n) is 8.94. The third-order valence-corrected chi connectivity index (χ3v) is 1.75. The Morgan fingerprint density at radius 1 is 1.33 bits per heavy atom. The molecule has 0 aromatic heterocycles. The van der Waals surface area contributed by atoms with E-state index in [9.17, 15) is 0 Å². The van der Waals surface area contributed by atoms with E-state index < -0.39 is 0 Å². The van der Waals surface area contributed by atoms with E-state index in [2.05, 4.69) is 39.8 Å². The van der Waals surface area contributed by atoms with Crippen LogP contribution in [0.15, 0.2) is 23.4 Å². The third-order valence-electron chi connectivity index (χ3n) is 1.75. The lowest BCUT2D eigenvalue weighted by Gasteiger charge is -2.21. The maximum atomic E-state index is 5.79. The molecule has 0 aliphatic heterocycles. The van der Waals surface area contributed by atoms with E-state index >= 15 is 0 Å². The Bertz CT molecular complexity index is 188. The molecular weight excluding hydrogens is 146 g/mol. The van der Waals surface area contributed by atoms with Crippen LogP contribution < -0.4 is 5.73 Å². The maximum Gasteiger partial charge on any atom is 0.00866 e. The molecule has 0 saturated heterocycles. The second-order valence-corrected chi connectivity index (χ2v) is 4.16. The van der Waals surface area contributed by atoms with Crippen molar-refractivity contribution in [3.63, 3.8) is 0 Å². The Morgan fingerprint density at radius 2 is 1.83 bits per heavy atom. The van der Waals surface area contributed by atoms with Crippen molar-refractivity contribution in [1.82, 2.24) is 0 Å². The summed E-state index contributed by atoms with van der Waals surface area (Å²) in [5.74, 6) is 0. The highest BCUT2D eigenvalue weighted by Gasteiger charge is 2.15. The summed E-state index contributed by atoms with van der Waals surface area (Å²) in [5.41, 5.74) is 8.11. The van der Waals surface area contributed by atoms with Crippen molar-refractivity contribution in [2.24, 2.45) is 11.1 Å². The molecule has 0 unspecified atom stereocenters. The van der Waals surface area contributed by atoms with Crippen molar-refractivity contribution >= 4 is 0 Å². The molecule has 0 radical (unpaired) electrons. The first kappa shape index (κ1) is 11.3. The quantitative estimate of drug-likeness (QED) is 0.628. The summed E-state index contributed by atoms with van der Waals surface area (Å²) in [7, 11) is 0. The number of rotatable bonds is 2. The summed E-state index contributed by atoms with van der Waals surface area (Å²) in [6, 6.07) is 0. The second kappa shape index (κ2) is 4.34. The molecule has 0 fully saturated rings. The SMILES string of the molecule is CC/C=C\C(=C(/C)N)C(C)(C)C. The first-order valence-corrected chi connectivity index (χ1v) is 4.53. The monoisotopic (exact) mass is 167 g/mol. The first-order valence-electron chi connectivity index (χ1n) is 4.53. The molecule has 0 aromatic carbocycles. The van der Waals surface area contributed by atoms with E-state index in [1.807, 2.05) is 6.92 Å². The van der Waals surface area contributed by atoms with Crippen LogP contribution in [0.3, 0.4) is 0 Å². The Hall–Kier alpha value is -0.720. The summed E-state index contributed by atoms with van der Waals surface area (Å²) in [6.45, 7) is 10.6. The van der Waals surface area contributed by atoms with Gasteiger partial charge in [-0.15, -0.1) is 0 Å². The third kappa shape index (κ3) is 3.61. The number of hydrogen-bond donors (Lipinski definition) is 1. The van der Waals surface area contributed by atoms with Gasteiger partial charge in [0.1, 0.15) is 0 Å². The Kier molecular flexibility index (Phi) is 4.08. The normalized spacial score (nSPS) is 15.1. The van der Waals surface area contributed by atoms with Gasteiger partial charge in [-0.25, -0.2) is 0 Å². The highest BCUT2D eigenvalue weighted by atomic mass is 14.6. The molecule has 0 bridgehead atoms. The summed E-state index contributed by atoms with van der Waals surface area (Å²) in [5, 5.41) is 0. The van der Waals surface area contributed by atoms with Crippen LogP contribution in [-0.4, -0.2) is 0 Å². The largest absolute Gasteiger partial charge is 0.402 e. The molecule has 0 aliphatic carbocycles. The zero-order chi connectivity index (χ0) is 9.78. The fraction of sp³-hybridized carbons (Fsp3) is 0.636. The Morgan fingerprint density at radius 3 is 2.08 bits per heavy atom. The molecule has 0 atom stereocenters. The van der Waals surface area contributed by atoms with Gasteiger partial charge >= 0.3 is 0 Å². The predicted octanol–water partition coefficient (Wildman–Crippen LogP) is 3.23. The minimum Gasteiger partial charge on any atom is -0.402 e. The van der Waals surface area contributed by atoms with E-state index in [1.165, 1.54) is 5.57 Å². The zero-order valence-corrected chi connectivity index (χ0v) is 8.94. The minimum atomic E-state index is 0.157. The van der Waals surface area contributed by atoms with Gasteiger partial charge in [-0.1, -0.05) is 39.8 Å². The average molecular weight is 167 g/mol. The molecule has 0 rings (SSSR count). The standard InChI is InChI=1S/C11H21N/c1-6-7-8-10(9(2)12)11(3,4)5/h7-8H,6,12H2,1-5H3/b8-7-,10-9-. The van der Waals surface area contributed by atoms with Crippen LogP contribution in [0.2, 0.25) is 0 Å². The van der Waals surface area contributed by atoms with E-state index in [1.54, 1.807) is 0 Å². The van der Waals surface area contributed by atoms with Crippen LogP contribution in [0.1, 0.15) is 41.0 Å². The molecule has 0 aliphatic rings. The van der Waals surface area contributed by atoms with Gasteiger partial charge in [-0.2, -0.15) is 0 Å². The highest BCUT2D eigenvalue weighted by molar-refractivity contribution is 5.28. The van der Waals surface area contributed by atoms with Crippen LogP contribution in [0, 0.1) is 5.41 Å². The fourth-order valence-electron chi connectivity index (χ4n) is 1.21. The summed E-state index contributed by atoms with van der Waals surface area (Å²) >= 11 is 0. The Labute approximate surface area is 76.3 Å². The second-order valence-electron chi connectivity index (χ2n) is 4.16. The van der Waals surface area contributed by atoms with Crippen molar-refractivity contribution in [3.8, 4) is 0 Å².